The molecule has 0 aromatic heterocycles. The number of amides is 2. The third-order valence-electron chi connectivity index (χ3n) is 4.99. The monoisotopic (exact) mass is 420 g/mol. The van der Waals surface area contributed by atoms with E-state index in [0.29, 0.717) is 36.0 Å². The summed E-state index contributed by atoms with van der Waals surface area (Å²) >= 11 is 5.96. The molecule has 0 unspecified atom stereocenters. The molecule has 1 atom stereocenters. The van der Waals surface area contributed by atoms with Crippen molar-refractivity contribution in [3.63, 3.8) is 0 Å². The van der Waals surface area contributed by atoms with E-state index in [9.17, 15) is 9.59 Å². The summed E-state index contributed by atoms with van der Waals surface area (Å²) in [6, 6.07) is 24.2. The molecule has 6 heteroatoms. The molecule has 0 radical (unpaired) electrons. The Bertz CT molecular complexity index is 1060. The Hall–Kier alpha value is -3.31. The van der Waals surface area contributed by atoms with Gasteiger partial charge in [0.1, 0.15) is 18.3 Å². The van der Waals surface area contributed by atoms with Crippen molar-refractivity contribution in [2.75, 3.05) is 16.8 Å². The van der Waals surface area contributed by atoms with Crippen LogP contribution in [0.15, 0.2) is 78.9 Å². The zero-order valence-electron chi connectivity index (χ0n) is 16.3. The minimum Gasteiger partial charge on any atom is -0.489 e. The number of hydrogen-bond acceptors (Lipinski definition) is 3. The minimum absolute atomic E-state index is 0.213. The highest BCUT2D eigenvalue weighted by atomic mass is 35.5. The van der Waals surface area contributed by atoms with E-state index in [1.54, 1.807) is 29.2 Å². The lowest BCUT2D eigenvalue weighted by Crippen LogP contribution is -2.33. The van der Waals surface area contributed by atoms with Crippen LogP contribution in [0.2, 0.25) is 5.02 Å². The van der Waals surface area contributed by atoms with Crippen LogP contribution in [0.3, 0.4) is 0 Å². The third kappa shape index (κ3) is 4.63. The van der Waals surface area contributed by atoms with Crippen LogP contribution in [0.1, 0.15) is 12.0 Å². The summed E-state index contributed by atoms with van der Waals surface area (Å²) in [6.45, 7) is 0.928. The van der Waals surface area contributed by atoms with Gasteiger partial charge in [0.2, 0.25) is 11.8 Å². The van der Waals surface area contributed by atoms with Crippen molar-refractivity contribution < 1.29 is 14.3 Å². The first-order valence-electron chi connectivity index (χ1n) is 9.75. The van der Waals surface area contributed by atoms with Crippen LogP contribution >= 0.6 is 11.6 Å². The number of benzene rings is 3. The smallest absolute Gasteiger partial charge is 0.239 e. The van der Waals surface area contributed by atoms with Crippen LogP contribution in [0.5, 0.6) is 5.75 Å². The summed E-state index contributed by atoms with van der Waals surface area (Å²) in [5.74, 6) is -0.579. The second-order valence-corrected chi connectivity index (χ2v) is 7.54. The highest BCUT2D eigenvalue weighted by Crippen LogP contribution is 2.29. The van der Waals surface area contributed by atoms with E-state index >= 15 is 0 Å². The van der Waals surface area contributed by atoms with Crippen LogP contribution in [-0.2, 0) is 16.2 Å². The summed E-state index contributed by atoms with van der Waals surface area (Å²) < 4.78 is 5.86. The Balaban J connectivity index is 1.41. The summed E-state index contributed by atoms with van der Waals surface area (Å²) in [7, 11) is 0. The maximum atomic E-state index is 12.9. The van der Waals surface area contributed by atoms with Gasteiger partial charge in [-0.2, -0.15) is 0 Å². The van der Waals surface area contributed by atoms with Crippen LogP contribution < -0.4 is 15.0 Å². The van der Waals surface area contributed by atoms with Crippen LogP contribution in [0.4, 0.5) is 11.4 Å². The maximum absolute atomic E-state index is 12.9. The molecular weight excluding hydrogens is 400 g/mol. The second-order valence-electron chi connectivity index (χ2n) is 7.10. The van der Waals surface area contributed by atoms with Gasteiger partial charge in [0, 0.05) is 29.0 Å². The lowest BCUT2D eigenvalue weighted by atomic mass is 10.1. The van der Waals surface area contributed by atoms with Gasteiger partial charge in [-0.25, -0.2) is 0 Å². The summed E-state index contributed by atoms with van der Waals surface area (Å²) in [5, 5.41) is 3.31. The van der Waals surface area contributed by atoms with Gasteiger partial charge in [-0.05, 0) is 42.3 Å². The first-order chi connectivity index (χ1) is 14.6. The standard InChI is InChI=1S/C24H21ClN2O3/c25-18-8-4-9-19(14-18)26-23(28)22-12-13-27(24(22)29)20-10-5-11-21(15-20)30-16-17-6-2-1-3-7-17/h1-11,14-15,22H,12-13,16H2,(H,26,28)/t22-/m0/s1. The van der Waals surface area contributed by atoms with Crippen molar-refractivity contribution in [1.82, 2.24) is 0 Å². The van der Waals surface area contributed by atoms with Crippen molar-refractivity contribution in [3.05, 3.63) is 89.4 Å². The van der Waals surface area contributed by atoms with Gasteiger partial charge in [0.05, 0.1) is 0 Å². The Morgan fingerprint density at radius 2 is 1.83 bits per heavy atom. The Morgan fingerprint density at radius 3 is 2.63 bits per heavy atom. The van der Waals surface area contributed by atoms with Crippen molar-refractivity contribution >= 4 is 34.8 Å². The SMILES string of the molecule is O=C(Nc1cccc(Cl)c1)[C@@H]1CCN(c2cccc(OCc3ccccc3)c2)C1=O. The Morgan fingerprint density at radius 1 is 1.03 bits per heavy atom. The molecular formula is C24H21ClN2O3. The van der Waals surface area contributed by atoms with Crippen LogP contribution in [-0.4, -0.2) is 18.4 Å². The lowest BCUT2D eigenvalue weighted by Gasteiger charge is -2.18. The molecule has 30 heavy (non-hydrogen) atoms. The number of rotatable bonds is 6. The first kappa shape index (κ1) is 20.0. The van der Waals surface area contributed by atoms with E-state index in [0.717, 1.165) is 11.3 Å². The number of anilines is 2. The first-order valence-corrected chi connectivity index (χ1v) is 10.1. The van der Waals surface area contributed by atoms with E-state index in [4.69, 9.17) is 16.3 Å². The zero-order valence-corrected chi connectivity index (χ0v) is 17.0. The van der Waals surface area contributed by atoms with Crippen molar-refractivity contribution in [3.8, 4) is 5.75 Å². The van der Waals surface area contributed by atoms with Crippen molar-refractivity contribution in [2.24, 2.45) is 5.92 Å². The largest absolute Gasteiger partial charge is 0.489 e. The van der Waals surface area contributed by atoms with Crippen LogP contribution in [0.25, 0.3) is 0 Å². The number of halogens is 1. The zero-order chi connectivity index (χ0) is 20.9. The molecule has 152 valence electrons. The molecule has 0 aliphatic carbocycles. The fraction of sp³-hybridized carbons (Fsp3) is 0.167. The molecule has 3 aromatic rings. The van der Waals surface area contributed by atoms with Crippen molar-refractivity contribution in [1.29, 1.82) is 0 Å². The second kappa shape index (κ2) is 9.01. The Kier molecular flexibility index (Phi) is 6.00. The lowest BCUT2D eigenvalue weighted by molar-refractivity contribution is -0.129. The van der Waals surface area contributed by atoms with Gasteiger partial charge < -0.3 is 15.0 Å². The summed E-state index contributed by atoms with van der Waals surface area (Å²) in [5.41, 5.74) is 2.37. The number of carbonyl (C=O) groups is 2. The molecule has 1 aliphatic rings. The number of ether oxygens (including phenoxy) is 1. The van der Waals surface area contributed by atoms with Crippen LogP contribution in [0, 0.1) is 5.92 Å². The molecule has 1 heterocycles. The van der Waals surface area contributed by atoms with Gasteiger partial charge in [-0.15, -0.1) is 0 Å². The van der Waals surface area contributed by atoms with E-state index in [2.05, 4.69) is 5.32 Å². The van der Waals surface area contributed by atoms with Gasteiger partial charge in [0.15, 0.2) is 0 Å². The quantitative estimate of drug-likeness (QED) is 0.576. The molecule has 0 spiro atoms. The van der Waals surface area contributed by atoms with E-state index in [1.807, 2.05) is 54.6 Å². The predicted molar refractivity (Wildman–Crippen MR) is 118 cm³/mol. The third-order valence-corrected chi connectivity index (χ3v) is 5.23. The fourth-order valence-electron chi connectivity index (χ4n) is 3.46. The Labute approximate surface area is 180 Å². The minimum atomic E-state index is -0.724. The van der Waals surface area contributed by atoms with E-state index in [1.165, 1.54) is 0 Å². The molecule has 1 fully saturated rings. The molecule has 1 saturated heterocycles. The van der Waals surface area contributed by atoms with Gasteiger partial charge in [-0.1, -0.05) is 54.1 Å². The maximum Gasteiger partial charge on any atom is 0.239 e. The molecule has 2 amide bonds. The average molecular weight is 421 g/mol. The molecule has 0 bridgehead atoms. The molecule has 5 nitrogen and oxygen atoms in total. The number of carbonyl (C=O) groups excluding carboxylic acids is 2. The topological polar surface area (TPSA) is 58.6 Å². The summed E-state index contributed by atoms with van der Waals surface area (Å²) in [6.07, 6.45) is 0.459. The van der Waals surface area contributed by atoms with Gasteiger partial charge in [0.25, 0.3) is 0 Å². The number of hydrogen-bond donors (Lipinski definition) is 1. The van der Waals surface area contributed by atoms with Gasteiger partial charge in [-0.3, -0.25) is 9.59 Å². The summed E-state index contributed by atoms with van der Waals surface area (Å²) in [4.78, 5) is 27.1. The normalized spacial score (nSPS) is 15.8. The molecule has 0 saturated carbocycles. The number of nitrogens with one attached hydrogen (secondary N) is 1. The highest BCUT2D eigenvalue weighted by Gasteiger charge is 2.37. The number of nitrogens with zero attached hydrogens (tertiary/aromatic N) is 1. The van der Waals surface area contributed by atoms with Crippen molar-refractivity contribution in [2.45, 2.75) is 13.0 Å². The molecule has 4 rings (SSSR count). The van der Waals surface area contributed by atoms with E-state index in [-0.39, 0.29) is 11.8 Å². The molecule has 3 aromatic carbocycles. The molecule has 1 aliphatic heterocycles. The fourth-order valence-corrected chi connectivity index (χ4v) is 3.65. The van der Waals surface area contributed by atoms with E-state index < -0.39 is 5.92 Å². The average Bonchev–Trinajstić information content (AvgIpc) is 3.15. The molecule has 1 N–H and O–H groups in total. The predicted octanol–water partition coefficient (Wildman–Crippen LogP) is 4.91. The highest BCUT2D eigenvalue weighted by molar-refractivity contribution is 6.31. The van der Waals surface area contributed by atoms with Gasteiger partial charge >= 0.3 is 0 Å².